The molecule has 0 bridgehead atoms. The van der Waals surface area contributed by atoms with E-state index >= 15 is 0 Å². The van der Waals surface area contributed by atoms with Crippen LogP contribution in [0.4, 0.5) is 0 Å². The number of benzene rings is 2. The molecule has 1 saturated heterocycles. The molecule has 2 aliphatic heterocycles. The fraction of sp³-hybridized carbons (Fsp3) is 0.400. The van der Waals surface area contributed by atoms with Crippen LogP contribution in [0.1, 0.15) is 56.0 Å². The van der Waals surface area contributed by atoms with Gasteiger partial charge in [0.25, 0.3) is 11.8 Å². The highest BCUT2D eigenvalue weighted by atomic mass is 16.7. The van der Waals surface area contributed by atoms with E-state index < -0.39 is 0 Å². The van der Waals surface area contributed by atoms with Crippen molar-refractivity contribution in [3.8, 4) is 17.2 Å². The summed E-state index contributed by atoms with van der Waals surface area (Å²) in [7, 11) is 0. The third-order valence-electron chi connectivity index (χ3n) is 6.08. The van der Waals surface area contributed by atoms with E-state index in [4.69, 9.17) is 14.2 Å². The van der Waals surface area contributed by atoms with Gasteiger partial charge in [-0.2, -0.15) is 5.10 Å². The van der Waals surface area contributed by atoms with Gasteiger partial charge in [-0.3, -0.25) is 9.59 Å². The Morgan fingerprint density at radius 2 is 1.70 bits per heavy atom. The normalized spacial score (nSPS) is 19.8. The number of carbonyl (C=O) groups excluding carboxylic acids is 2. The molecule has 4 rings (SSSR count). The number of ether oxygens (including phenoxy) is 3. The lowest BCUT2D eigenvalue weighted by atomic mass is 9.97. The molecule has 2 unspecified atom stereocenters. The summed E-state index contributed by atoms with van der Waals surface area (Å²) in [6.07, 6.45) is 3.20. The summed E-state index contributed by atoms with van der Waals surface area (Å²) in [5.74, 6) is 1.54. The second kappa shape index (κ2) is 9.94. The topological polar surface area (TPSA) is 89.5 Å². The number of fused-ring (bicyclic) bond motifs is 1. The molecule has 8 nitrogen and oxygen atoms in total. The number of hydrogen-bond donors (Lipinski definition) is 1. The number of hydrazone groups is 1. The maximum absolute atomic E-state index is 12.6. The number of piperidine rings is 1. The van der Waals surface area contributed by atoms with Gasteiger partial charge < -0.3 is 19.1 Å². The Morgan fingerprint density at radius 3 is 2.42 bits per heavy atom. The van der Waals surface area contributed by atoms with Gasteiger partial charge in [0.1, 0.15) is 5.75 Å². The molecule has 8 heteroatoms. The fourth-order valence-corrected chi connectivity index (χ4v) is 4.22. The van der Waals surface area contributed by atoms with Crippen molar-refractivity contribution in [1.29, 1.82) is 0 Å². The summed E-state index contributed by atoms with van der Waals surface area (Å²) in [4.78, 5) is 27.0. The number of nitrogens with one attached hydrogen (secondary N) is 1. The van der Waals surface area contributed by atoms with E-state index in [1.54, 1.807) is 31.2 Å². The van der Waals surface area contributed by atoms with Crippen LogP contribution in [-0.4, -0.2) is 47.9 Å². The van der Waals surface area contributed by atoms with E-state index in [1.807, 2.05) is 23.1 Å². The Hall–Kier alpha value is -3.55. The Balaban J connectivity index is 1.30. The van der Waals surface area contributed by atoms with E-state index in [2.05, 4.69) is 24.4 Å². The predicted molar refractivity (Wildman–Crippen MR) is 124 cm³/mol. The first-order chi connectivity index (χ1) is 15.9. The van der Waals surface area contributed by atoms with Gasteiger partial charge in [-0.15, -0.1) is 0 Å². The molecule has 0 radical (unpaired) electrons. The van der Waals surface area contributed by atoms with Crippen molar-refractivity contribution in [3.05, 3.63) is 53.6 Å². The van der Waals surface area contributed by atoms with E-state index in [1.165, 1.54) is 0 Å². The average Bonchev–Trinajstić information content (AvgIpc) is 3.29. The summed E-state index contributed by atoms with van der Waals surface area (Å²) in [5, 5.41) is 4.18. The van der Waals surface area contributed by atoms with E-state index in [0.29, 0.717) is 28.5 Å². The summed E-state index contributed by atoms with van der Waals surface area (Å²) < 4.78 is 16.4. The van der Waals surface area contributed by atoms with Gasteiger partial charge in [0, 0.05) is 23.2 Å². The summed E-state index contributed by atoms with van der Waals surface area (Å²) in [6, 6.07) is 12.6. The van der Waals surface area contributed by atoms with Crippen molar-refractivity contribution in [2.45, 2.75) is 52.1 Å². The maximum atomic E-state index is 12.6. The zero-order valence-electron chi connectivity index (χ0n) is 19.2. The molecule has 2 aromatic rings. The smallest absolute Gasteiger partial charge is 0.271 e. The number of hydrogen-bond acceptors (Lipinski definition) is 6. The van der Waals surface area contributed by atoms with Crippen LogP contribution in [0.2, 0.25) is 0 Å². The van der Waals surface area contributed by atoms with Crippen LogP contribution in [0.25, 0.3) is 0 Å². The SMILES string of the molecule is CC(=NNC(=O)c1ccc(OCC(=O)N2C(C)CCCC2C)cc1)c1ccc2c(c1)OCO2. The highest BCUT2D eigenvalue weighted by molar-refractivity contribution is 6.01. The molecule has 1 N–H and O–H groups in total. The molecule has 2 aromatic carbocycles. The summed E-state index contributed by atoms with van der Waals surface area (Å²) >= 11 is 0. The van der Waals surface area contributed by atoms with Crippen LogP contribution in [0, 0.1) is 0 Å². The van der Waals surface area contributed by atoms with Crippen LogP contribution >= 0.6 is 0 Å². The van der Waals surface area contributed by atoms with Crippen molar-refractivity contribution in [2.75, 3.05) is 13.4 Å². The number of amides is 2. The van der Waals surface area contributed by atoms with Crippen molar-refractivity contribution in [3.63, 3.8) is 0 Å². The standard InChI is InChI=1S/C25H29N3O5/c1-16-5-4-6-17(2)28(16)24(29)14-31-21-10-7-19(8-11-21)25(30)27-26-18(3)20-9-12-22-23(13-20)33-15-32-22/h7-13,16-17H,4-6,14-15H2,1-3H3,(H,27,30). The number of likely N-dealkylation sites (tertiary alicyclic amines) is 1. The third kappa shape index (κ3) is 5.27. The van der Waals surface area contributed by atoms with Crippen molar-refractivity contribution >= 4 is 17.5 Å². The molecule has 0 aromatic heterocycles. The van der Waals surface area contributed by atoms with Crippen molar-refractivity contribution in [1.82, 2.24) is 10.3 Å². The van der Waals surface area contributed by atoms with Gasteiger partial charge in [0.15, 0.2) is 18.1 Å². The molecule has 2 amide bonds. The van der Waals surface area contributed by atoms with E-state index in [-0.39, 0.29) is 37.3 Å². The quantitative estimate of drug-likeness (QED) is 0.534. The lowest BCUT2D eigenvalue weighted by Crippen LogP contribution is -2.49. The molecular formula is C25H29N3O5. The Labute approximate surface area is 193 Å². The molecule has 0 saturated carbocycles. The minimum Gasteiger partial charge on any atom is -0.484 e. The second-order valence-corrected chi connectivity index (χ2v) is 8.45. The third-order valence-corrected chi connectivity index (χ3v) is 6.08. The molecule has 2 aliphatic rings. The lowest BCUT2D eigenvalue weighted by Gasteiger charge is -2.38. The van der Waals surface area contributed by atoms with Gasteiger partial charge >= 0.3 is 0 Å². The van der Waals surface area contributed by atoms with E-state index in [9.17, 15) is 9.59 Å². The van der Waals surface area contributed by atoms with Crippen LogP contribution < -0.4 is 19.6 Å². The number of rotatable bonds is 6. The second-order valence-electron chi connectivity index (χ2n) is 8.45. The fourth-order valence-electron chi connectivity index (χ4n) is 4.22. The van der Waals surface area contributed by atoms with Crippen molar-refractivity contribution in [2.24, 2.45) is 5.10 Å². The molecule has 0 aliphatic carbocycles. The van der Waals surface area contributed by atoms with Crippen molar-refractivity contribution < 1.29 is 23.8 Å². The highest BCUT2D eigenvalue weighted by Crippen LogP contribution is 2.32. The van der Waals surface area contributed by atoms with Gasteiger partial charge in [0.05, 0.1) is 5.71 Å². The molecule has 2 heterocycles. The summed E-state index contributed by atoms with van der Waals surface area (Å²) in [6.45, 7) is 6.15. The molecular weight excluding hydrogens is 422 g/mol. The monoisotopic (exact) mass is 451 g/mol. The number of carbonyl (C=O) groups is 2. The van der Waals surface area contributed by atoms with Crippen LogP contribution in [0.3, 0.4) is 0 Å². The van der Waals surface area contributed by atoms with Gasteiger partial charge in [0.2, 0.25) is 6.79 Å². The Morgan fingerprint density at radius 1 is 1.03 bits per heavy atom. The minimum absolute atomic E-state index is 0.00940. The van der Waals surface area contributed by atoms with Gasteiger partial charge in [-0.05, 0) is 82.5 Å². The molecule has 0 spiro atoms. The lowest BCUT2D eigenvalue weighted by molar-refractivity contribution is -0.139. The highest BCUT2D eigenvalue weighted by Gasteiger charge is 2.29. The van der Waals surface area contributed by atoms with Crippen LogP contribution in [-0.2, 0) is 4.79 Å². The molecule has 33 heavy (non-hydrogen) atoms. The van der Waals surface area contributed by atoms with Gasteiger partial charge in [-0.25, -0.2) is 5.43 Å². The van der Waals surface area contributed by atoms with Crippen LogP contribution in [0.15, 0.2) is 47.6 Å². The van der Waals surface area contributed by atoms with Gasteiger partial charge in [-0.1, -0.05) is 0 Å². The first kappa shape index (κ1) is 22.6. The summed E-state index contributed by atoms with van der Waals surface area (Å²) in [5.41, 5.74) is 4.47. The predicted octanol–water partition coefficient (Wildman–Crippen LogP) is 3.74. The molecule has 174 valence electrons. The van der Waals surface area contributed by atoms with Crippen LogP contribution in [0.5, 0.6) is 17.2 Å². The largest absolute Gasteiger partial charge is 0.484 e. The zero-order valence-corrected chi connectivity index (χ0v) is 19.2. The molecule has 1 fully saturated rings. The van der Waals surface area contributed by atoms with E-state index in [0.717, 1.165) is 24.8 Å². The molecule has 2 atom stereocenters. The zero-order chi connectivity index (χ0) is 23.4. The maximum Gasteiger partial charge on any atom is 0.271 e. The first-order valence-corrected chi connectivity index (χ1v) is 11.2. The Kier molecular flexibility index (Phi) is 6.82. The number of nitrogens with zero attached hydrogens (tertiary/aromatic N) is 2. The first-order valence-electron chi connectivity index (χ1n) is 11.2. The average molecular weight is 452 g/mol. The Bertz CT molecular complexity index is 1040. The minimum atomic E-state index is -0.339.